The van der Waals surface area contributed by atoms with Gasteiger partial charge in [-0.3, -0.25) is 4.79 Å². The Hall–Kier alpha value is -0.810. The summed E-state index contributed by atoms with van der Waals surface area (Å²) >= 11 is 0. The minimum Gasteiger partial charge on any atom is -0.392 e. The predicted molar refractivity (Wildman–Crippen MR) is 126 cm³/mol. The first-order chi connectivity index (χ1) is 15.1. The normalized spacial score (nSPS) is 44.9. The van der Waals surface area contributed by atoms with Gasteiger partial charge >= 0.3 is 0 Å². The number of hydrogen-bond donors (Lipinski definition) is 6. The Morgan fingerprint density at radius 2 is 1.67 bits per heavy atom. The SMILES string of the molecule is CC[C@H]1OC[C@@H](C)[C@H](O)[C@H](C)[C@@H](O)[C@](C)(O)C[C@@H](C)C(=O)N(CCCN)[C@H](C)[C@@H](O)[C@]1(C)O. The van der Waals surface area contributed by atoms with Crippen LogP contribution in [0.5, 0.6) is 0 Å². The zero-order valence-corrected chi connectivity index (χ0v) is 21.4. The molecule has 1 aliphatic heterocycles. The third kappa shape index (κ3) is 7.10. The first-order valence-corrected chi connectivity index (χ1v) is 12.2. The van der Waals surface area contributed by atoms with Crippen molar-refractivity contribution in [1.29, 1.82) is 0 Å². The van der Waals surface area contributed by atoms with Crippen molar-refractivity contribution in [2.45, 2.75) is 109 Å². The summed E-state index contributed by atoms with van der Waals surface area (Å²) in [5.74, 6) is -2.10. The Balaban J connectivity index is 3.46. The van der Waals surface area contributed by atoms with Crippen LogP contribution in [0.3, 0.4) is 0 Å². The molecule has 0 spiro atoms. The molecule has 33 heavy (non-hydrogen) atoms. The Morgan fingerprint density at radius 1 is 1.09 bits per heavy atom. The Kier molecular flexibility index (Phi) is 11.2. The molecule has 7 N–H and O–H groups in total. The van der Waals surface area contributed by atoms with Gasteiger partial charge < -0.3 is 40.9 Å². The fourth-order valence-electron chi connectivity index (χ4n) is 5.07. The smallest absolute Gasteiger partial charge is 0.225 e. The summed E-state index contributed by atoms with van der Waals surface area (Å²) in [6.07, 6.45) is -3.46. The first-order valence-electron chi connectivity index (χ1n) is 12.2. The highest BCUT2D eigenvalue weighted by molar-refractivity contribution is 5.79. The van der Waals surface area contributed by atoms with Crippen LogP contribution in [0.25, 0.3) is 0 Å². The predicted octanol–water partition coefficient (Wildman–Crippen LogP) is 0.244. The summed E-state index contributed by atoms with van der Waals surface area (Å²) in [5.41, 5.74) is 2.37. The molecule has 1 rings (SSSR count). The van der Waals surface area contributed by atoms with Crippen LogP contribution in [0.15, 0.2) is 0 Å². The molecular formula is C24H48N2O7. The number of hydrogen-bond acceptors (Lipinski definition) is 8. The van der Waals surface area contributed by atoms with Crippen LogP contribution in [0, 0.1) is 17.8 Å². The second-order valence-electron chi connectivity index (χ2n) is 10.5. The van der Waals surface area contributed by atoms with E-state index in [4.69, 9.17) is 10.5 Å². The van der Waals surface area contributed by atoms with Gasteiger partial charge in [0.15, 0.2) is 0 Å². The summed E-state index contributed by atoms with van der Waals surface area (Å²) in [6.45, 7) is 12.3. The van der Waals surface area contributed by atoms with E-state index in [0.717, 1.165) is 0 Å². The molecule has 0 unspecified atom stereocenters. The quantitative estimate of drug-likeness (QED) is 0.337. The van der Waals surface area contributed by atoms with Gasteiger partial charge in [-0.2, -0.15) is 0 Å². The van der Waals surface area contributed by atoms with Gasteiger partial charge in [-0.1, -0.05) is 27.7 Å². The van der Waals surface area contributed by atoms with Crippen molar-refractivity contribution < 1.29 is 35.1 Å². The number of carbonyl (C=O) groups excluding carboxylic acids is 1. The van der Waals surface area contributed by atoms with Crippen molar-refractivity contribution in [1.82, 2.24) is 4.90 Å². The standard InChI is InChI=1S/C24H48N2O7/c1-8-18-24(7,32)21(29)17(5)26(11-9-10-25)22(30)14(2)12-23(6,31)20(28)16(4)19(27)15(3)13-33-18/h14-21,27-29,31-32H,8-13,25H2,1-7H3/t14-,15-,16+,17-,18-,19+,20-,21-,23-,24-/m1/s1. The molecule has 1 heterocycles. The third-order valence-electron chi connectivity index (χ3n) is 7.41. The summed E-state index contributed by atoms with van der Waals surface area (Å²) < 4.78 is 5.95. The van der Waals surface area contributed by atoms with E-state index in [1.165, 1.54) is 18.7 Å². The van der Waals surface area contributed by atoms with Gasteiger partial charge in [-0.15, -0.1) is 0 Å². The molecule has 10 atom stereocenters. The second kappa shape index (κ2) is 12.2. The van der Waals surface area contributed by atoms with Gasteiger partial charge in [0.25, 0.3) is 0 Å². The molecule has 1 aliphatic rings. The highest BCUT2D eigenvalue weighted by Crippen LogP contribution is 2.32. The van der Waals surface area contributed by atoms with Crippen molar-refractivity contribution in [2.75, 3.05) is 19.7 Å². The van der Waals surface area contributed by atoms with E-state index in [-0.39, 0.29) is 25.5 Å². The molecule has 1 saturated heterocycles. The van der Waals surface area contributed by atoms with Crippen LogP contribution < -0.4 is 5.73 Å². The molecular weight excluding hydrogens is 428 g/mol. The van der Waals surface area contributed by atoms with Crippen molar-refractivity contribution in [2.24, 2.45) is 23.5 Å². The molecule has 9 heteroatoms. The minimum absolute atomic E-state index is 0.0368. The maximum absolute atomic E-state index is 13.4. The lowest BCUT2D eigenvalue weighted by Crippen LogP contribution is -2.60. The molecule has 0 radical (unpaired) electrons. The average Bonchev–Trinajstić information content (AvgIpc) is 2.75. The van der Waals surface area contributed by atoms with Crippen molar-refractivity contribution in [3.05, 3.63) is 0 Å². The van der Waals surface area contributed by atoms with Gasteiger partial charge in [0, 0.05) is 24.3 Å². The fraction of sp³-hybridized carbons (Fsp3) is 0.958. The molecule has 1 fully saturated rings. The largest absolute Gasteiger partial charge is 0.392 e. The van der Waals surface area contributed by atoms with Crippen LogP contribution in [-0.4, -0.2) is 97.7 Å². The van der Waals surface area contributed by atoms with Crippen LogP contribution >= 0.6 is 0 Å². The van der Waals surface area contributed by atoms with Crippen LogP contribution in [0.4, 0.5) is 0 Å². The molecule has 0 bridgehead atoms. The maximum atomic E-state index is 13.4. The monoisotopic (exact) mass is 476 g/mol. The molecule has 0 aliphatic carbocycles. The number of nitrogens with zero attached hydrogens (tertiary/aromatic N) is 1. The van der Waals surface area contributed by atoms with Gasteiger partial charge in [0.2, 0.25) is 5.91 Å². The highest BCUT2D eigenvalue weighted by atomic mass is 16.5. The summed E-state index contributed by atoms with van der Waals surface area (Å²) in [7, 11) is 0. The second-order valence-corrected chi connectivity index (χ2v) is 10.5. The zero-order valence-electron chi connectivity index (χ0n) is 21.4. The van der Waals surface area contributed by atoms with E-state index >= 15 is 0 Å². The van der Waals surface area contributed by atoms with Crippen molar-refractivity contribution in [3.63, 3.8) is 0 Å². The molecule has 0 aromatic heterocycles. The number of amides is 1. The summed E-state index contributed by atoms with van der Waals surface area (Å²) in [6, 6.07) is -0.749. The third-order valence-corrected chi connectivity index (χ3v) is 7.41. The van der Waals surface area contributed by atoms with E-state index in [1.807, 2.05) is 6.92 Å². The van der Waals surface area contributed by atoms with Gasteiger partial charge in [-0.25, -0.2) is 0 Å². The van der Waals surface area contributed by atoms with E-state index in [9.17, 15) is 30.3 Å². The van der Waals surface area contributed by atoms with E-state index in [2.05, 4.69) is 0 Å². The fourth-order valence-corrected chi connectivity index (χ4v) is 5.07. The number of nitrogens with two attached hydrogens (primary N) is 1. The number of carbonyl (C=O) groups is 1. The van der Waals surface area contributed by atoms with Gasteiger partial charge in [-0.05, 0) is 46.6 Å². The Bertz CT molecular complexity index is 616. The van der Waals surface area contributed by atoms with Crippen LogP contribution in [-0.2, 0) is 9.53 Å². The topological polar surface area (TPSA) is 157 Å². The Morgan fingerprint density at radius 3 is 2.18 bits per heavy atom. The summed E-state index contributed by atoms with van der Waals surface area (Å²) in [4.78, 5) is 14.9. The number of aliphatic hydroxyl groups excluding tert-OH is 3. The van der Waals surface area contributed by atoms with Gasteiger partial charge in [0.1, 0.15) is 11.7 Å². The van der Waals surface area contributed by atoms with Crippen molar-refractivity contribution in [3.8, 4) is 0 Å². The van der Waals surface area contributed by atoms with Crippen LogP contribution in [0.1, 0.15) is 67.7 Å². The minimum atomic E-state index is -1.67. The van der Waals surface area contributed by atoms with Crippen molar-refractivity contribution >= 4 is 5.91 Å². The average molecular weight is 477 g/mol. The molecule has 0 saturated carbocycles. The summed E-state index contributed by atoms with van der Waals surface area (Å²) in [5, 5.41) is 55.2. The lowest BCUT2D eigenvalue weighted by Gasteiger charge is -2.43. The van der Waals surface area contributed by atoms with Crippen LogP contribution in [0.2, 0.25) is 0 Å². The van der Waals surface area contributed by atoms with Gasteiger partial charge in [0.05, 0.1) is 36.6 Å². The molecule has 196 valence electrons. The van der Waals surface area contributed by atoms with E-state index in [0.29, 0.717) is 19.4 Å². The lowest BCUT2D eigenvalue weighted by atomic mass is 9.78. The lowest BCUT2D eigenvalue weighted by molar-refractivity contribution is -0.182. The first kappa shape index (κ1) is 30.2. The number of aliphatic hydroxyl groups is 5. The molecule has 9 nitrogen and oxygen atoms in total. The van der Waals surface area contributed by atoms with E-state index < -0.39 is 59.4 Å². The Labute approximate surface area is 198 Å². The number of ether oxygens (including phenoxy) is 1. The highest BCUT2D eigenvalue weighted by Gasteiger charge is 2.46. The zero-order chi connectivity index (χ0) is 25.7. The molecule has 0 aromatic rings. The molecule has 1 amide bonds. The number of rotatable bonds is 4. The maximum Gasteiger partial charge on any atom is 0.225 e. The van der Waals surface area contributed by atoms with E-state index in [1.54, 1.807) is 27.7 Å². The molecule has 0 aromatic carbocycles.